The molecule has 3 rings (SSSR count). The third-order valence-corrected chi connectivity index (χ3v) is 5.92. The van der Waals surface area contributed by atoms with Crippen LogP contribution in [-0.4, -0.2) is 67.5 Å². The van der Waals surface area contributed by atoms with Crippen molar-refractivity contribution >= 4 is 17.8 Å². The number of hydrogen-bond donors (Lipinski definition) is 1. The fourth-order valence-corrected chi connectivity index (χ4v) is 4.12. The Hall–Kier alpha value is -2.57. The van der Waals surface area contributed by atoms with Crippen LogP contribution in [0.2, 0.25) is 0 Å². The maximum absolute atomic E-state index is 12.6. The van der Waals surface area contributed by atoms with Gasteiger partial charge in [-0.25, -0.2) is 4.99 Å². The van der Waals surface area contributed by atoms with Crippen molar-refractivity contribution in [1.29, 1.82) is 0 Å². The Morgan fingerprint density at radius 3 is 2.30 bits per heavy atom. The quantitative estimate of drug-likeness (QED) is 0.456. The molecule has 0 unspecified atom stereocenters. The molecule has 164 valence electrons. The van der Waals surface area contributed by atoms with E-state index in [0.29, 0.717) is 6.54 Å². The molecule has 0 atom stereocenters. The Kier molecular flexibility index (Phi) is 8.11. The van der Waals surface area contributed by atoms with E-state index in [4.69, 9.17) is 9.73 Å². The van der Waals surface area contributed by atoms with E-state index >= 15 is 0 Å². The van der Waals surface area contributed by atoms with Crippen LogP contribution in [-0.2, 0) is 16.1 Å². The minimum atomic E-state index is -0.115. The number of carbonyl (C=O) groups is 2. The summed E-state index contributed by atoms with van der Waals surface area (Å²) in [5, 5.41) is 3.35. The van der Waals surface area contributed by atoms with Crippen LogP contribution in [0.3, 0.4) is 0 Å². The van der Waals surface area contributed by atoms with Crippen LogP contribution in [0.1, 0.15) is 54.9 Å². The number of likely N-dealkylation sites (tertiary alicyclic amines) is 2. The number of rotatable bonds is 5. The average molecular weight is 415 g/mol. The summed E-state index contributed by atoms with van der Waals surface area (Å²) in [7, 11) is 1.45. The first-order valence-electron chi connectivity index (χ1n) is 11.1. The predicted octanol–water partition coefficient (Wildman–Crippen LogP) is 2.66. The summed E-state index contributed by atoms with van der Waals surface area (Å²) in [6.45, 7) is 6.70. The number of ether oxygens (including phenoxy) is 1. The Morgan fingerprint density at radius 2 is 1.70 bits per heavy atom. The number of guanidine groups is 1. The molecule has 2 fully saturated rings. The molecule has 1 N–H and O–H groups in total. The molecule has 0 aromatic heterocycles. The first kappa shape index (κ1) is 22.1. The van der Waals surface area contributed by atoms with E-state index < -0.39 is 0 Å². The van der Waals surface area contributed by atoms with Crippen LogP contribution in [0.5, 0.6) is 0 Å². The third-order valence-electron chi connectivity index (χ3n) is 5.92. The van der Waals surface area contributed by atoms with Crippen LogP contribution in [0.4, 0.5) is 0 Å². The van der Waals surface area contributed by atoms with Gasteiger partial charge >= 0.3 is 5.97 Å². The van der Waals surface area contributed by atoms with Crippen molar-refractivity contribution in [2.24, 2.45) is 10.9 Å². The second-order valence-corrected chi connectivity index (χ2v) is 8.00. The SMILES string of the molecule is CCNC(=NCc1ccc(C(=O)N2CCCCC2)cc1)N1CCC(C(=O)OC)CC1. The van der Waals surface area contributed by atoms with E-state index in [1.165, 1.54) is 13.5 Å². The van der Waals surface area contributed by atoms with E-state index in [0.717, 1.165) is 75.5 Å². The van der Waals surface area contributed by atoms with Crippen molar-refractivity contribution in [3.63, 3.8) is 0 Å². The van der Waals surface area contributed by atoms with Crippen molar-refractivity contribution in [3.05, 3.63) is 35.4 Å². The van der Waals surface area contributed by atoms with Gasteiger partial charge in [0.25, 0.3) is 5.91 Å². The molecule has 0 bridgehead atoms. The van der Waals surface area contributed by atoms with Crippen molar-refractivity contribution in [3.8, 4) is 0 Å². The molecule has 2 saturated heterocycles. The molecule has 7 heteroatoms. The summed E-state index contributed by atoms with van der Waals surface area (Å²) in [5.74, 6) is 0.871. The Balaban J connectivity index is 1.58. The van der Waals surface area contributed by atoms with E-state index in [2.05, 4.69) is 17.1 Å². The predicted molar refractivity (Wildman–Crippen MR) is 117 cm³/mol. The number of esters is 1. The summed E-state index contributed by atoms with van der Waals surface area (Å²) in [6, 6.07) is 7.81. The zero-order valence-corrected chi connectivity index (χ0v) is 18.2. The number of aliphatic imine (C=N–C) groups is 1. The smallest absolute Gasteiger partial charge is 0.308 e. The average Bonchev–Trinajstić information content (AvgIpc) is 2.82. The first-order valence-corrected chi connectivity index (χ1v) is 11.1. The van der Waals surface area contributed by atoms with Crippen LogP contribution in [0, 0.1) is 5.92 Å². The van der Waals surface area contributed by atoms with Gasteiger partial charge in [0.1, 0.15) is 0 Å². The van der Waals surface area contributed by atoms with Crippen LogP contribution < -0.4 is 5.32 Å². The van der Waals surface area contributed by atoms with Gasteiger partial charge in [0, 0.05) is 38.3 Å². The largest absolute Gasteiger partial charge is 0.469 e. The lowest BCUT2D eigenvalue weighted by atomic mass is 9.97. The second-order valence-electron chi connectivity index (χ2n) is 8.00. The highest BCUT2D eigenvalue weighted by atomic mass is 16.5. The molecule has 1 aromatic rings. The monoisotopic (exact) mass is 414 g/mol. The Labute approximate surface area is 179 Å². The maximum Gasteiger partial charge on any atom is 0.308 e. The number of benzene rings is 1. The van der Waals surface area contributed by atoms with Gasteiger partial charge in [0.2, 0.25) is 0 Å². The minimum absolute atomic E-state index is 0.0147. The fourth-order valence-electron chi connectivity index (χ4n) is 4.12. The molecule has 1 aromatic carbocycles. The molecular formula is C23H34N4O3. The zero-order valence-electron chi connectivity index (χ0n) is 18.2. The Morgan fingerprint density at radius 1 is 1.03 bits per heavy atom. The van der Waals surface area contributed by atoms with Gasteiger partial charge in [-0.1, -0.05) is 12.1 Å². The molecule has 0 spiro atoms. The summed E-state index contributed by atoms with van der Waals surface area (Å²) >= 11 is 0. The highest BCUT2D eigenvalue weighted by Crippen LogP contribution is 2.19. The lowest BCUT2D eigenvalue weighted by Crippen LogP contribution is -2.46. The van der Waals surface area contributed by atoms with E-state index in [9.17, 15) is 9.59 Å². The maximum atomic E-state index is 12.6. The van der Waals surface area contributed by atoms with Gasteiger partial charge in [-0.2, -0.15) is 0 Å². The van der Waals surface area contributed by atoms with Crippen LogP contribution >= 0.6 is 0 Å². The van der Waals surface area contributed by atoms with Crippen molar-refractivity contribution in [2.75, 3.05) is 39.8 Å². The second kappa shape index (κ2) is 11.0. The van der Waals surface area contributed by atoms with Gasteiger partial charge in [-0.15, -0.1) is 0 Å². The number of hydrogen-bond acceptors (Lipinski definition) is 4. The van der Waals surface area contributed by atoms with Crippen molar-refractivity contribution in [1.82, 2.24) is 15.1 Å². The minimum Gasteiger partial charge on any atom is -0.469 e. The number of nitrogens with one attached hydrogen (secondary N) is 1. The van der Waals surface area contributed by atoms with E-state index in [1.54, 1.807) is 0 Å². The fraction of sp³-hybridized carbons (Fsp3) is 0.609. The third kappa shape index (κ3) is 5.74. The van der Waals surface area contributed by atoms with Gasteiger partial charge in [0.05, 0.1) is 19.6 Å². The highest BCUT2D eigenvalue weighted by molar-refractivity contribution is 5.94. The van der Waals surface area contributed by atoms with Gasteiger partial charge in [-0.05, 0) is 56.7 Å². The molecule has 2 aliphatic rings. The lowest BCUT2D eigenvalue weighted by molar-refractivity contribution is -0.146. The topological polar surface area (TPSA) is 74.2 Å². The number of methoxy groups -OCH3 is 1. The zero-order chi connectivity index (χ0) is 21.3. The molecular weight excluding hydrogens is 380 g/mol. The lowest BCUT2D eigenvalue weighted by Gasteiger charge is -2.33. The molecule has 0 aliphatic carbocycles. The molecule has 2 heterocycles. The molecule has 30 heavy (non-hydrogen) atoms. The normalized spacial score (nSPS) is 18.3. The van der Waals surface area contributed by atoms with Crippen molar-refractivity contribution in [2.45, 2.75) is 45.6 Å². The first-order chi connectivity index (χ1) is 14.6. The summed E-state index contributed by atoms with van der Waals surface area (Å²) in [6.07, 6.45) is 4.98. The molecule has 1 amide bonds. The summed E-state index contributed by atoms with van der Waals surface area (Å²) < 4.78 is 4.87. The number of carbonyl (C=O) groups excluding carboxylic acids is 2. The van der Waals surface area contributed by atoms with Crippen molar-refractivity contribution < 1.29 is 14.3 Å². The number of nitrogens with zero attached hydrogens (tertiary/aromatic N) is 3. The summed E-state index contributed by atoms with van der Waals surface area (Å²) in [5.41, 5.74) is 1.83. The summed E-state index contributed by atoms with van der Waals surface area (Å²) in [4.78, 5) is 33.3. The number of amides is 1. The van der Waals surface area contributed by atoms with Crippen LogP contribution in [0.25, 0.3) is 0 Å². The molecule has 0 saturated carbocycles. The molecule has 7 nitrogen and oxygen atoms in total. The Bertz CT molecular complexity index is 733. The van der Waals surface area contributed by atoms with Gasteiger partial charge in [-0.3, -0.25) is 9.59 Å². The van der Waals surface area contributed by atoms with Crippen LogP contribution in [0.15, 0.2) is 29.3 Å². The molecule has 0 radical (unpaired) electrons. The number of piperidine rings is 2. The standard InChI is InChI=1S/C23H34N4O3/c1-3-24-23(27-15-11-20(12-16-27)22(29)30-2)25-17-18-7-9-19(10-8-18)21(28)26-13-5-4-6-14-26/h7-10,20H,3-6,11-17H2,1-2H3,(H,24,25). The van der Waals surface area contributed by atoms with E-state index in [1.807, 2.05) is 29.2 Å². The highest BCUT2D eigenvalue weighted by Gasteiger charge is 2.27. The molecule has 2 aliphatic heterocycles. The van der Waals surface area contributed by atoms with Gasteiger partial charge < -0.3 is 19.9 Å². The van der Waals surface area contributed by atoms with E-state index in [-0.39, 0.29) is 17.8 Å². The van der Waals surface area contributed by atoms with Gasteiger partial charge in [0.15, 0.2) is 5.96 Å².